The van der Waals surface area contributed by atoms with Crippen molar-refractivity contribution in [2.24, 2.45) is 5.73 Å². The van der Waals surface area contributed by atoms with Gasteiger partial charge in [-0.25, -0.2) is 0 Å². The zero-order valence-corrected chi connectivity index (χ0v) is 14.2. The van der Waals surface area contributed by atoms with E-state index in [9.17, 15) is 0 Å². The summed E-state index contributed by atoms with van der Waals surface area (Å²) in [5.41, 5.74) is 6.61. The smallest absolute Gasteiger partial charge is 0.0361 e. The Balaban J connectivity index is 1.76. The second-order valence-electron chi connectivity index (χ2n) is 7.73. The van der Waals surface area contributed by atoms with Crippen LogP contribution in [0.4, 0.5) is 0 Å². The molecule has 2 atom stereocenters. The molecule has 0 radical (unpaired) electrons. The molecule has 0 spiro atoms. The summed E-state index contributed by atoms with van der Waals surface area (Å²) in [4.78, 5) is 5.40. The van der Waals surface area contributed by atoms with Gasteiger partial charge in [-0.2, -0.15) is 11.8 Å². The summed E-state index contributed by atoms with van der Waals surface area (Å²) < 4.78 is 0.439. The van der Waals surface area contributed by atoms with Gasteiger partial charge in [0, 0.05) is 47.8 Å². The van der Waals surface area contributed by atoms with E-state index in [-0.39, 0.29) is 0 Å². The van der Waals surface area contributed by atoms with Crippen LogP contribution in [0.5, 0.6) is 0 Å². The molecule has 0 amide bonds. The van der Waals surface area contributed by atoms with Crippen molar-refractivity contribution in [1.29, 1.82) is 0 Å². The number of thioether (sulfide) groups is 1. The van der Waals surface area contributed by atoms with Crippen molar-refractivity contribution in [1.82, 2.24) is 9.80 Å². The third kappa shape index (κ3) is 2.65. The molecule has 0 aliphatic carbocycles. The van der Waals surface area contributed by atoms with Gasteiger partial charge in [-0.05, 0) is 39.2 Å². The molecule has 0 aromatic carbocycles. The van der Waals surface area contributed by atoms with Gasteiger partial charge < -0.3 is 10.6 Å². The summed E-state index contributed by atoms with van der Waals surface area (Å²) >= 11 is 2.14. The minimum Gasteiger partial charge on any atom is -0.329 e. The van der Waals surface area contributed by atoms with Crippen molar-refractivity contribution in [2.75, 3.05) is 32.4 Å². The zero-order chi connectivity index (χ0) is 14.4. The summed E-state index contributed by atoms with van der Waals surface area (Å²) in [6, 6.07) is 1.56. The Morgan fingerprint density at radius 2 is 1.80 bits per heavy atom. The zero-order valence-electron chi connectivity index (χ0n) is 13.4. The maximum Gasteiger partial charge on any atom is 0.0361 e. The van der Waals surface area contributed by atoms with Gasteiger partial charge in [-0.1, -0.05) is 13.8 Å². The Bertz CT molecular complexity index is 344. The standard InChI is InChI=1S/C16H31N3S/c1-15(2)6-7-19(8-9-20-15)16(12-17)10-13-4-5-14(11-16)18(13)3/h13-14H,4-12,17H2,1-3H3. The van der Waals surface area contributed by atoms with E-state index in [1.165, 1.54) is 50.9 Å². The van der Waals surface area contributed by atoms with Gasteiger partial charge in [-0.3, -0.25) is 4.90 Å². The fraction of sp³-hybridized carbons (Fsp3) is 1.00. The van der Waals surface area contributed by atoms with Crippen LogP contribution in [0.1, 0.15) is 46.0 Å². The molecule has 2 bridgehead atoms. The molecular formula is C16H31N3S. The molecule has 4 heteroatoms. The number of nitrogens with two attached hydrogens (primary N) is 1. The molecule has 0 aromatic heterocycles. The molecule has 3 heterocycles. The van der Waals surface area contributed by atoms with E-state index in [1.807, 2.05) is 0 Å². The van der Waals surface area contributed by atoms with Crippen LogP contribution in [0, 0.1) is 0 Å². The van der Waals surface area contributed by atoms with E-state index in [1.54, 1.807) is 0 Å². The van der Waals surface area contributed by atoms with Gasteiger partial charge in [0.25, 0.3) is 0 Å². The summed E-state index contributed by atoms with van der Waals surface area (Å²) in [5.74, 6) is 1.26. The summed E-state index contributed by atoms with van der Waals surface area (Å²) in [7, 11) is 2.32. The topological polar surface area (TPSA) is 32.5 Å². The lowest BCUT2D eigenvalue weighted by molar-refractivity contribution is 0.00393. The van der Waals surface area contributed by atoms with Crippen LogP contribution in [0.15, 0.2) is 0 Å². The van der Waals surface area contributed by atoms with Crippen molar-refractivity contribution in [3.8, 4) is 0 Å². The molecule has 3 saturated heterocycles. The van der Waals surface area contributed by atoms with Crippen molar-refractivity contribution < 1.29 is 0 Å². The summed E-state index contributed by atoms with van der Waals surface area (Å²) in [6.45, 7) is 8.11. The van der Waals surface area contributed by atoms with Gasteiger partial charge in [-0.15, -0.1) is 0 Å². The van der Waals surface area contributed by atoms with E-state index in [0.29, 0.717) is 10.3 Å². The molecule has 2 unspecified atom stereocenters. The highest BCUT2D eigenvalue weighted by Crippen LogP contribution is 2.44. The number of piperidine rings is 1. The minimum atomic E-state index is 0.291. The maximum atomic E-state index is 6.32. The average Bonchev–Trinajstić information content (AvgIpc) is 2.62. The number of fused-ring (bicyclic) bond motifs is 2. The Hall–Kier alpha value is 0.230. The van der Waals surface area contributed by atoms with Gasteiger partial charge in [0.15, 0.2) is 0 Å². The first-order valence-corrected chi connectivity index (χ1v) is 9.25. The number of nitrogens with zero attached hydrogens (tertiary/aromatic N) is 2. The second kappa shape index (κ2) is 5.45. The van der Waals surface area contributed by atoms with E-state index in [0.717, 1.165) is 18.6 Å². The van der Waals surface area contributed by atoms with Crippen LogP contribution in [-0.2, 0) is 0 Å². The minimum absolute atomic E-state index is 0.291. The van der Waals surface area contributed by atoms with Crippen LogP contribution in [0.25, 0.3) is 0 Å². The van der Waals surface area contributed by atoms with Crippen molar-refractivity contribution in [3.63, 3.8) is 0 Å². The Morgan fingerprint density at radius 3 is 2.40 bits per heavy atom. The van der Waals surface area contributed by atoms with E-state index >= 15 is 0 Å². The molecule has 0 saturated carbocycles. The number of hydrogen-bond donors (Lipinski definition) is 1. The van der Waals surface area contributed by atoms with Gasteiger partial charge in [0.1, 0.15) is 0 Å². The Morgan fingerprint density at radius 1 is 1.15 bits per heavy atom. The van der Waals surface area contributed by atoms with Crippen LogP contribution in [0.3, 0.4) is 0 Å². The monoisotopic (exact) mass is 297 g/mol. The summed E-state index contributed by atoms with van der Waals surface area (Å²) in [5, 5.41) is 0. The fourth-order valence-corrected chi connectivity index (χ4v) is 5.69. The highest BCUT2D eigenvalue weighted by Gasteiger charge is 2.49. The molecule has 20 heavy (non-hydrogen) atoms. The molecule has 0 aromatic rings. The summed E-state index contributed by atoms with van der Waals surface area (Å²) in [6.07, 6.45) is 6.65. The first-order valence-electron chi connectivity index (χ1n) is 8.27. The van der Waals surface area contributed by atoms with Crippen LogP contribution >= 0.6 is 11.8 Å². The highest BCUT2D eigenvalue weighted by molar-refractivity contribution is 8.00. The second-order valence-corrected chi connectivity index (χ2v) is 9.53. The van der Waals surface area contributed by atoms with Gasteiger partial charge >= 0.3 is 0 Å². The van der Waals surface area contributed by atoms with E-state index in [2.05, 4.69) is 42.5 Å². The number of rotatable bonds is 2. The highest BCUT2D eigenvalue weighted by atomic mass is 32.2. The van der Waals surface area contributed by atoms with Gasteiger partial charge in [0.2, 0.25) is 0 Å². The Labute approximate surface area is 128 Å². The third-order valence-corrected chi connectivity index (χ3v) is 7.48. The molecule has 3 aliphatic heterocycles. The lowest BCUT2D eigenvalue weighted by Gasteiger charge is -2.51. The first kappa shape index (κ1) is 15.1. The number of hydrogen-bond acceptors (Lipinski definition) is 4. The fourth-order valence-electron chi connectivity index (χ4n) is 4.59. The van der Waals surface area contributed by atoms with Crippen molar-refractivity contribution in [3.05, 3.63) is 0 Å². The van der Waals surface area contributed by atoms with Crippen LogP contribution in [-0.4, -0.2) is 64.6 Å². The largest absolute Gasteiger partial charge is 0.329 e. The van der Waals surface area contributed by atoms with Crippen molar-refractivity contribution >= 4 is 11.8 Å². The molecular weight excluding hydrogens is 266 g/mol. The predicted molar refractivity (Wildman–Crippen MR) is 88.3 cm³/mol. The SMILES string of the molecule is CN1C2CCC1CC(CN)(N1CCSC(C)(C)CC1)C2. The average molecular weight is 298 g/mol. The van der Waals surface area contributed by atoms with E-state index in [4.69, 9.17) is 5.73 Å². The van der Waals surface area contributed by atoms with Crippen molar-refractivity contribution in [2.45, 2.75) is 68.3 Å². The van der Waals surface area contributed by atoms with E-state index < -0.39 is 0 Å². The molecule has 3 rings (SSSR count). The first-order chi connectivity index (χ1) is 9.46. The lowest BCUT2D eigenvalue weighted by atomic mass is 9.81. The molecule has 3 nitrogen and oxygen atoms in total. The third-order valence-electron chi connectivity index (χ3n) is 6.10. The predicted octanol–water partition coefficient (Wildman–Crippen LogP) is 2.16. The quantitative estimate of drug-likeness (QED) is 0.846. The van der Waals surface area contributed by atoms with Crippen LogP contribution in [0.2, 0.25) is 0 Å². The molecule has 3 fully saturated rings. The molecule has 116 valence electrons. The molecule has 3 aliphatic rings. The normalized spacial score (nSPS) is 42.6. The maximum absolute atomic E-state index is 6.32. The van der Waals surface area contributed by atoms with Gasteiger partial charge in [0.05, 0.1) is 0 Å². The van der Waals surface area contributed by atoms with Crippen LogP contribution < -0.4 is 5.73 Å². The molecule has 2 N–H and O–H groups in total. The Kier molecular flexibility index (Phi) is 4.13. The lowest BCUT2D eigenvalue weighted by Crippen LogP contribution is -2.62.